The minimum absolute atomic E-state index is 0.303. The van der Waals surface area contributed by atoms with Crippen molar-refractivity contribution in [2.24, 2.45) is 0 Å². The van der Waals surface area contributed by atoms with E-state index in [2.05, 4.69) is 45.3 Å². The highest BCUT2D eigenvalue weighted by molar-refractivity contribution is 5.38. The highest BCUT2D eigenvalue weighted by Crippen LogP contribution is 2.19. The molecule has 0 saturated carbocycles. The molecule has 1 fully saturated rings. The van der Waals surface area contributed by atoms with Crippen LogP contribution < -0.4 is 10.2 Å². The van der Waals surface area contributed by atoms with Gasteiger partial charge in [0, 0.05) is 37.6 Å². The maximum atomic E-state index is 4.43. The largest absolute Gasteiger partial charge is 0.357 e. The van der Waals surface area contributed by atoms with E-state index in [0.29, 0.717) is 12.1 Å². The van der Waals surface area contributed by atoms with Crippen molar-refractivity contribution in [2.45, 2.75) is 31.8 Å². The number of hydrogen-bond donors (Lipinski definition) is 1. The second-order valence-electron chi connectivity index (χ2n) is 5.59. The minimum Gasteiger partial charge on any atom is -0.357 e. The summed E-state index contributed by atoms with van der Waals surface area (Å²) in [5.74, 6) is 1.09. The molecule has 0 unspecified atom stereocenters. The fourth-order valence-electron chi connectivity index (χ4n) is 2.89. The lowest BCUT2D eigenvalue weighted by Gasteiger charge is -2.34. The lowest BCUT2D eigenvalue weighted by atomic mass is 10.0. The topological polar surface area (TPSA) is 41.0 Å². The van der Waals surface area contributed by atoms with E-state index >= 15 is 0 Å². The van der Waals surface area contributed by atoms with Gasteiger partial charge in [-0.3, -0.25) is 4.98 Å². The summed E-state index contributed by atoms with van der Waals surface area (Å²) in [6.45, 7) is 4.31. The van der Waals surface area contributed by atoms with E-state index in [0.717, 1.165) is 37.4 Å². The van der Waals surface area contributed by atoms with E-state index in [1.165, 1.54) is 0 Å². The predicted octanol–water partition coefficient (Wildman–Crippen LogP) is 2.80. The zero-order chi connectivity index (χ0) is 14.5. The molecule has 2 aromatic heterocycles. The molecule has 1 atom stereocenters. The molecular formula is C17H22N4. The molecule has 4 nitrogen and oxygen atoms in total. The Hall–Kier alpha value is -1.94. The number of anilines is 1. The molecule has 0 spiro atoms. The highest BCUT2D eigenvalue weighted by Gasteiger charge is 2.21. The third-order valence-corrected chi connectivity index (χ3v) is 4.09. The number of hydrogen-bond acceptors (Lipinski definition) is 4. The summed E-state index contributed by atoms with van der Waals surface area (Å²) in [6.07, 6.45) is 6.02. The Balaban J connectivity index is 1.52. The van der Waals surface area contributed by atoms with Crippen LogP contribution in [0.3, 0.4) is 0 Å². The lowest BCUT2D eigenvalue weighted by Crippen LogP contribution is -2.43. The first-order valence-electron chi connectivity index (χ1n) is 7.66. The highest BCUT2D eigenvalue weighted by atomic mass is 15.2. The second-order valence-corrected chi connectivity index (χ2v) is 5.59. The molecule has 1 aliphatic heterocycles. The Kier molecular flexibility index (Phi) is 4.46. The molecule has 21 heavy (non-hydrogen) atoms. The number of piperidine rings is 1. The molecule has 3 rings (SSSR count). The zero-order valence-corrected chi connectivity index (χ0v) is 12.4. The first-order chi connectivity index (χ1) is 10.3. The molecule has 4 heteroatoms. The molecule has 0 amide bonds. The predicted molar refractivity (Wildman–Crippen MR) is 85.3 cm³/mol. The minimum atomic E-state index is 0.303. The second kappa shape index (κ2) is 6.68. The standard InChI is InChI=1S/C17H22N4/c1-14(16-6-2-4-10-18-16)20-15-8-12-21(13-9-15)17-7-3-5-11-19-17/h2-7,10-11,14-15,20H,8-9,12-13H2,1H3/t14-/m1/s1. The van der Waals surface area contributed by atoms with Crippen LogP contribution in [-0.4, -0.2) is 29.1 Å². The van der Waals surface area contributed by atoms with Crippen molar-refractivity contribution in [1.29, 1.82) is 0 Å². The normalized spacial score (nSPS) is 17.7. The van der Waals surface area contributed by atoms with Crippen molar-refractivity contribution >= 4 is 5.82 Å². The van der Waals surface area contributed by atoms with Crippen LogP contribution in [0, 0.1) is 0 Å². The van der Waals surface area contributed by atoms with Gasteiger partial charge in [0.1, 0.15) is 5.82 Å². The smallest absolute Gasteiger partial charge is 0.128 e. The van der Waals surface area contributed by atoms with Crippen molar-refractivity contribution in [3.63, 3.8) is 0 Å². The summed E-state index contributed by atoms with van der Waals surface area (Å²) in [5.41, 5.74) is 1.12. The quantitative estimate of drug-likeness (QED) is 0.936. The molecule has 0 radical (unpaired) electrons. The number of nitrogens with zero attached hydrogens (tertiary/aromatic N) is 3. The summed E-state index contributed by atoms with van der Waals surface area (Å²) in [7, 11) is 0. The van der Waals surface area contributed by atoms with Gasteiger partial charge in [-0.1, -0.05) is 12.1 Å². The molecule has 0 bridgehead atoms. The fraction of sp³-hybridized carbons (Fsp3) is 0.412. The molecule has 1 saturated heterocycles. The van der Waals surface area contributed by atoms with Crippen LogP contribution >= 0.6 is 0 Å². The average molecular weight is 282 g/mol. The van der Waals surface area contributed by atoms with Crippen LogP contribution in [0.1, 0.15) is 31.5 Å². The van der Waals surface area contributed by atoms with Crippen molar-refractivity contribution in [2.75, 3.05) is 18.0 Å². The first kappa shape index (κ1) is 14.0. The van der Waals surface area contributed by atoms with E-state index in [1.807, 2.05) is 30.6 Å². The van der Waals surface area contributed by atoms with E-state index < -0.39 is 0 Å². The fourth-order valence-corrected chi connectivity index (χ4v) is 2.89. The van der Waals surface area contributed by atoms with Gasteiger partial charge >= 0.3 is 0 Å². The van der Waals surface area contributed by atoms with Crippen molar-refractivity contribution in [3.8, 4) is 0 Å². The Labute approximate surface area is 126 Å². The Morgan fingerprint density at radius 3 is 2.38 bits per heavy atom. The van der Waals surface area contributed by atoms with E-state index in [4.69, 9.17) is 0 Å². The van der Waals surface area contributed by atoms with Gasteiger partial charge in [-0.2, -0.15) is 0 Å². The summed E-state index contributed by atoms with van der Waals surface area (Å²) in [5, 5.41) is 3.70. The van der Waals surface area contributed by atoms with Gasteiger partial charge in [-0.15, -0.1) is 0 Å². The Bertz CT molecular complexity index is 535. The molecule has 0 aromatic carbocycles. The monoisotopic (exact) mass is 282 g/mol. The molecule has 1 N–H and O–H groups in total. The summed E-state index contributed by atoms with van der Waals surface area (Å²) >= 11 is 0. The summed E-state index contributed by atoms with van der Waals surface area (Å²) < 4.78 is 0. The number of pyridine rings is 2. The van der Waals surface area contributed by atoms with Gasteiger partial charge in [0.05, 0.1) is 5.69 Å². The van der Waals surface area contributed by atoms with Gasteiger partial charge < -0.3 is 10.2 Å². The van der Waals surface area contributed by atoms with Crippen LogP contribution in [0.25, 0.3) is 0 Å². The van der Waals surface area contributed by atoms with Crippen LogP contribution in [0.2, 0.25) is 0 Å². The van der Waals surface area contributed by atoms with E-state index in [9.17, 15) is 0 Å². The summed E-state index contributed by atoms with van der Waals surface area (Å²) in [6, 6.07) is 13.1. The average Bonchev–Trinajstić information content (AvgIpc) is 2.57. The maximum Gasteiger partial charge on any atom is 0.128 e. The number of aromatic nitrogens is 2. The van der Waals surface area contributed by atoms with Crippen LogP contribution in [0.4, 0.5) is 5.82 Å². The van der Waals surface area contributed by atoms with E-state index in [1.54, 1.807) is 0 Å². The van der Waals surface area contributed by atoms with Crippen molar-refractivity contribution < 1.29 is 0 Å². The lowest BCUT2D eigenvalue weighted by molar-refractivity contribution is 0.377. The number of nitrogens with one attached hydrogen (secondary N) is 1. The molecule has 2 aromatic rings. The molecule has 3 heterocycles. The zero-order valence-electron chi connectivity index (χ0n) is 12.4. The van der Waals surface area contributed by atoms with Gasteiger partial charge in [0.15, 0.2) is 0 Å². The Morgan fingerprint density at radius 1 is 1.05 bits per heavy atom. The van der Waals surface area contributed by atoms with Crippen molar-refractivity contribution in [3.05, 3.63) is 54.5 Å². The van der Waals surface area contributed by atoms with E-state index in [-0.39, 0.29) is 0 Å². The molecule has 110 valence electrons. The third-order valence-electron chi connectivity index (χ3n) is 4.09. The van der Waals surface area contributed by atoms with Gasteiger partial charge in [0.2, 0.25) is 0 Å². The van der Waals surface area contributed by atoms with Crippen molar-refractivity contribution in [1.82, 2.24) is 15.3 Å². The van der Waals surface area contributed by atoms with Crippen LogP contribution in [0.15, 0.2) is 48.8 Å². The summed E-state index contributed by atoms with van der Waals surface area (Å²) in [4.78, 5) is 11.2. The van der Waals surface area contributed by atoms with Crippen LogP contribution in [0.5, 0.6) is 0 Å². The first-order valence-corrected chi connectivity index (χ1v) is 7.66. The Morgan fingerprint density at radius 2 is 1.76 bits per heavy atom. The third kappa shape index (κ3) is 3.58. The van der Waals surface area contributed by atoms with Gasteiger partial charge in [-0.25, -0.2) is 4.98 Å². The molecule has 0 aliphatic carbocycles. The molecule has 1 aliphatic rings. The van der Waals surface area contributed by atoms with Gasteiger partial charge in [0.25, 0.3) is 0 Å². The SMILES string of the molecule is C[C@@H](NC1CCN(c2ccccn2)CC1)c1ccccn1. The van der Waals surface area contributed by atoms with Gasteiger partial charge in [-0.05, 0) is 44.0 Å². The molecular weight excluding hydrogens is 260 g/mol. The van der Waals surface area contributed by atoms with Crippen LogP contribution in [-0.2, 0) is 0 Å². The number of rotatable bonds is 4. The maximum absolute atomic E-state index is 4.43.